The molecule has 0 saturated carbocycles. The first-order chi connectivity index (χ1) is 9.21. The third-order valence-corrected chi connectivity index (χ3v) is 4.40. The van der Waals surface area contributed by atoms with Gasteiger partial charge in [0.2, 0.25) is 5.13 Å². The number of urea groups is 1. The number of amides is 2. The molecular formula is C10H6N5OS2Si. The normalized spacial score (nSPS) is 9.68. The molecule has 2 aromatic rings. The van der Waals surface area contributed by atoms with Gasteiger partial charge in [-0.2, -0.15) is 5.26 Å². The van der Waals surface area contributed by atoms with Gasteiger partial charge in [0.05, 0.1) is 11.6 Å². The van der Waals surface area contributed by atoms with E-state index < -0.39 is 6.03 Å². The Balaban J connectivity index is 1.95. The third kappa shape index (κ3) is 3.78. The van der Waals surface area contributed by atoms with Gasteiger partial charge < -0.3 is 5.32 Å². The van der Waals surface area contributed by atoms with E-state index in [-0.39, 0.29) is 0 Å². The Bertz CT molecular complexity index is 622. The summed E-state index contributed by atoms with van der Waals surface area (Å²) < 4.78 is 0.699. The first-order valence-corrected chi connectivity index (χ1v) is 7.82. The molecule has 0 atom stereocenters. The number of benzene rings is 1. The van der Waals surface area contributed by atoms with E-state index in [0.29, 0.717) is 20.7 Å². The zero-order chi connectivity index (χ0) is 13.7. The van der Waals surface area contributed by atoms with E-state index in [0.717, 1.165) is 0 Å². The molecule has 0 aliphatic heterocycles. The van der Waals surface area contributed by atoms with Crippen molar-refractivity contribution < 1.29 is 4.79 Å². The molecule has 0 aliphatic rings. The number of hydrogen-bond donors (Lipinski definition) is 2. The van der Waals surface area contributed by atoms with Crippen molar-refractivity contribution in [2.75, 3.05) is 10.6 Å². The van der Waals surface area contributed by atoms with Crippen LogP contribution in [0, 0.1) is 11.3 Å². The number of carbonyl (C=O) groups is 1. The van der Waals surface area contributed by atoms with E-state index in [2.05, 4.69) is 30.2 Å². The smallest absolute Gasteiger partial charge is 0.308 e. The maximum Gasteiger partial charge on any atom is 0.325 e. The molecule has 9 heteroatoms. The minimum atomic E-state index is -0.411. The fourth-order valence-electron chi connectivity index (χ4n) is 1.19. The molecule has 1 aromatic heterocycles. The van der Waals surface area contributed by atoms with Gasteiger partial charge in [-0.15, -0.1) is 21.4 Å². The SMILES string of the molecule is N#Cc1ccc(NC(=O)Nc2nnc(S[Si])s2)cc1. The van der Waals surface area contributed by atoms with Gasteiger partial charge in [0.25, 0.3) is 0 Å². The van der Waals surface area contributed by atoms with Gasteiger partial charge in [0, 0.05) is 5.69 Å². The van der Waals surface area contributed by atoms with Gasteiger partial charge in [-0.25, -0.2) is 4.79 Å². The Morgan fingerprint density at radius 3 is 2.63 bits per heavy atom. The predicted octanol–water partition coefficient (Wildman–Crippen LogP) is 2.23. The van der Waals surface area contributed by atoms with Crippen LogP contribution in [0.25, 0.3) is 0 Å². The Kier molecular flexibility index (Phi) is 4.51. The first kappa shape index (κ1) is 13.5. The van der Waals surface area contributed by atoms with Crippen LogP contribution in [0.1, 0.15) is 5.56 Å². The number of nitrogens with zero attached hydrogens (tertiary/aromatic N) is 3. The molecule has 0 bridgehead atoms. The van der Waals surface area contributed by atoms with Crippen LogP contribution in [0.3, 0.4) is 0 Å². The molecule has 1 aromatic carbocycles. The fourth-order valence-corrected chi connectivity index (χ4v) is 2.64. The van der Waals surface area contributed by atoms with Crippen LogP contribution in [0.4, 0.5) is 15.6 Å². The second-order valence-corrected chi connectivity index (χ2v) is 5.68. The number of anilines is 2. The van der Waals surface area contributed by atoms with Crippen LogP contribution in [-0.2, 0) is 0 Å². The van der Waals surface area contributed by atoms with Crippen LogP contribution in [0.5, 0.6) is 0 Å². The van der Waals surface area contributed by atoms with Gasteiger partial charge >= 0.3 is 6.03 Å². The minimum absolute atomic E-state index is 0.409. The van der Waals surface area contributed by atoms with E-state index in [4.69, 9.17) is 5.26 Å². The fraction of sp³-hybridized carbons (Fsp3) is 0. The molecule has 0 spiro atoms. The zero-order valence-corrected chi connectivity index (χ0v) is 12.0. The molecule has 0 saturated heterocycles. The quantitative estimate of drug-likeness (QED) is 0.670. The molecule has 0 aliphatic carbocycles. The lowest BCUT2D eigenvalue weighted by atomic mass is 10.2. The number of hydrogen-bond acceptors (Lipinski definition) is 6. The third-order valence-electron chi connectivity index (χ3n) is 1.99. The molecule has 0 unspecified atom stereocenters. The zero-order valence-electron chi connectivity index (χ0n) is 9.38. The second kappa shape index (κ2) is 6.33. The van der Waals surface area contributed by atoms with Crippen molar-refractivity contribution in [2.24, 2.45) is 0 Å². The molecule has 93 valence electrons. The molecule has 6 nitrogen and oxygen atoms in total. The molecule has 1 heterocycles. The van der Waals surface area contributed by atoms with Crippen LogP contribution >= 0.6 is 22.5 Å². The summed E-state index contributed by atoms with van der Waals surface area (Å²) in [5.74, 6) is 0. The largest absolute Gasteiger partial charge is 0.325 e. The maximum absolute atomic E-state index is 11.7. The van der Waals surface area contributed by atoms with Crippen molar-refractivity contribution in [1.82, 2.24) is 10.2 Å². The van der Waals surface area contributed by atoms with Crippen LogP contribution < -0.4 is 10.6 Å². The van der Waals surface area contributed by atoms with E-state index in [1.807, 2.05) is 6.07 Å². The number of carbonyl (C=O) groups excluding carboxylic acids is 1. The van der Waals surface area contributed by atoms with E-state index in [9.17, 15) is 4.79 Å². The Morgan fingerprint density at radius 1 is 1.32 bits per heavy atom. The summed E-state index contributed by atoms with van der Waals surface area (Å²) in [5, 5.41) is 21.9. The maximum atomic E-state index is 11.7. The number of aromatic nitrogens is 2. The minimum Gasteiger partial charge on any atom is -0.308 e. The number of rotatable bonds is 3. The van der Waals surface area contributed by atoms with Crippen LogP contribution in [0.15, 0.2) is 28.6 Å². The monoisotopic (exact) mass is 304 g/mol. The molecule has 2 rings (SSSR count). The Morgan fingerprint density at radius 2 is 2.05 bits per heavy atom. The molecule has 2 amide bonds. The second-order valence-electron chi connectivity index (χ2n) is 3.24. The summed E-state index contributed by atoms with van der Waals surface area (Å²) >= 11 is 2.53. The van der Waals surface area contributed by atoms with Gasteiger partial charge in [-0.1, -0.05) is 11.3 Å². The summed E-state index contributed by atoms with van der Waals surface area (Å²) in [6.45, 7) is 0. The van der Waals surface area contributed by atoms with Crippen molar-refractivity contribution in [3.05, 3.63) is 29.8 Å². The first-order valence-electron chi connectivity index (χ1n) is 4.96. The van der Waals surface area contributed by atoms with Crippen molar-refractivity contribution in [1.29, 1.82) is 5.26 Å². The van der Waals surface area contributed by atoms with E-state index in [1.165, 1.54) is 22.5 Å². The van der Waals surface area contributed by atoms with Gasteiger partial charge in [-0.3, -0.25) is 5.32 Å². The Hall–Kier alpha value is -1.89. The van der Waals surface area contributed by atoms with Gasteiger partial charge in [0.15, 0.2) is 4.34 Å². The highest BCUT2D eigenvalue weighted by molar-refractivity contribution is 8.20. The lowest BCUT2D eigenvalue weighted by Gasteiger charge is -2.04. The lowest BCUT2D eigenvalue weighted by molar-refractivity contribution is 0.262. The standard InChI is InChI=1S/C10H6N5OS2Si/c11-5-6-1-3-7(4-2-6)12-8(16)13-9-14-15-10(17-9)18-19/h1-4H,(H2,12,13,14,16). The summed E-state index contributed by atoms with van der Waals surface area (Å²) in [4.78, 5) is 11.7. The highest BCUT2D eigenvalue weighted by Gasteiger charge is 2.07. The van der Waals surface area contributed by atoms with Crippen LogP contribution in [0.2, 0.25) is 0 Å². The average molecular weight is 304 g/mol. The molecule has 2 N–H and O–H groups in total. The predicted molar refractivity (Wildman–Crippen MR) is 75.3 cm³/mol. The van der Waals surface area contributed by atoms with Gasteiger partial charge in [-0.05, 0) is 24.3 Å². The number of nitrogens with one attached hydrogen (secondary N) is 2. The summed E-state index contributed by atoms with van der Waals surface area (Å²) in [6.07, 6.45) is 0. The molecular weight excluding hydrogens is 298 g/mol. The summed E-state index contributed by atoms with van der Waals surface area (Å²) in [7, 11) is 3.22. The molecule has 0 fully saturated rings. The van der Waals surface area contributed by atoms with E-state index in [1.54, 1.807) is 24.3 Å². The average Bonchev–Trinajstić information content (AvgIpc) is 2.87. The summed E-state index contributed by atoms with van der Waals surface area (Å²) in [6, 6.07) is 8.14. The molecule has 19 heavy (non-hydrogen) atoms. The lowest BCUT2D eigenvalue weighted by Crippen LogP contribution is -2.19. The number of nitriles is 1. The Labute approximate surface area is 120 Å². The highest BCUT2D eigenvalue weighted by atomic mass is 32.4. The van der Waals surface area contributed by atoms with Crippen molar-refractivity contribution in [3.63, 3.8) is 0 Å². The van der Waals surface area contributed by atoms with Crippen molar-refractivity contribution in [3.8, 4) is 6.07 Å². The highest BCUT2D eigenvalue weighted by Crippen LogP contribution is 2.22. The van der Waals surface area contributed by atoms with Crippen molar-refractivity contribution in [2.45, 2.75) is 4.34 Å². The van der Waals surface area contributed by atoms with Crippen LogP contribution in [-0.4, -0.2) is 25.6 Å². The van der Waals surface area contributed by atoms with E-state index >= 15 is 0 Å². The van der Waals surface area contributed by atoms with Gasteiger partial charge in [0.1, 0.15) is 9.39 Å². The molecule has 3 radical (unpaired) electrons. The summed E-state index contributed by atoms with van der Waals surface area (Å²) in [5.41, 5.74) is 1.13. The van der Waals surface area contributed by atoms with Crippen molar-refractivity contribution >= 4 is 48.8 Å². The topological polar surface area (TPSA) is 90.7 Å².